The molecule has 1 saturated heterocycles. The summed E-state index contributed by atoms with van der Waals surface area (Å²) >= 11 is 0. The second-order valence-corrected chi connectivity index (χ2v) is 6.75. The van der Waals surface area contributed by atoms with Gasteiger partial charge in [-0.05, 0) is 42.8 Å². The van der Waals surface area contributed by atoms with Crippen LogP contribution in [0, 0.1) is 6.92 Å². The Morgan fingerprint density at radius 2 is 1.68 bits per heavy atom. The molecule has 2 aromatic heterocycles. The minimum atomic E-state index is -0.157. The molecule has 1 aliphatic heterocycles. The maximum Gasteiger partial charge on any atom is 0.257 e. The second kappa shape index (κ2) is 8.04. The van der Waals surface area contributed by atoms with Gasteiger partial charge in [-0.3, -0.25) is 4.79 Å². The highest BCUT2D eigenvalue weighted by molar-refractivity contribution is 6.04. The second-order valence-electron chi connectivity index (χ2n) is 6.75. The van der Waals surface area contributed by atoms with Gasteiger partial charge < -0.3 is 15.1 Å². The normalized spacial score (nSPS) is 14.0. The maximum absolute atomic E-state index is 12.4. The third-order valence-electron chi connectivity index (χ3n) is 4.72. The van der Waals surface area contributed by atoms with Gasteiger partial charge in [0.1, 0.15) is 5.82 Å². The van der Waals surface area contributed by atoms with Gasteiger partial charge in [-0.1, -0.05) is 12.1 Å². The number of pyridine rings is 1. The maximum atomic E-state index is 12.4. The predicted octanol–water partition coefficient (Wildman–Crippen LogP) is 2.76. The molecule has 0 bridgehead atoms. The number of anilines is 3. The van der Waals surface area contributed by atoms with E-state index in [1.807, 2.05) is 49.4 Å². The number of carbonyl (C=O) groups excluding carboxylic acids is 1. The molecule has 28 heavy (non-hydrogen) atoms. The number of hydrogen-bond donors (Lipinski definition) is 1. The van der Waals surface area contributed by atoms with E-state index in [-0.39, 0.29) is 5.91 Å². The molecular weight excluding hydrogens is 352 g/mol. The molecule has 1 fully saturated rings. The number of aryl methyl sites for hydroxylation is 1. The van der Waals surface area contributed by atoms with Gasteiger partial charge >= 0.3 is 0 Å². The first-order valence-corrected chi connectivity index (χ1v) is 9.30. The van der Waals surface area contributed by atoms with E-state index in [0.29, 0.717) is 5.56 Å². The van der Waals surface area contributed by atoms with Gasteiger partial charge in [-0.2, -0.15) is 0 Å². The Hall–Kier alpha value is -3.48. The third-order valence-corrected chi connectivity index (χ3v) is 4.72. The zero-order valence-electron chi connectivity index (χ0n) is 15.7. The highest BCUT2D eigenvalue weighted by Crippen LogP contribution is 2.17. The summed E-state index contributed by atoms with van der Waals surface area (Å²) in [4.78, 5) is 29.9. The molecule has 7 nitrogen and oxygen atoms in total. The molecule has 4 rings (SSSR count). The molecule has 0 saturated carbocycles. The highest BCUT2D eigenvalue weighted by Gasteiger charge is 2.20. The lowest BCUT2D eigenvalue weighted by atomic mass is 10.2. The first-order valence-electron chi connectivity index (χ1n) is 9.30. The number of benzene rings is 1. The van der Waals surface area contributed by atoms with Gasteiger partial charge in [0.15, 0.2) is 0 Å². The first kappa shape index (κ1) is 17.9. The first-order chi connectivity index (χ1) is 13.7. The van der Waals surface area contributed by atoms with E-state index in [1.54, 1.807) is 18.6 Å². The van der Waals surface area contributed by atoms with Crippen molar-refractivity contribution in [2.45, 2.75) is 6.92 Å². The van der Waals surface area contributed by atoms with Crippen molar-refractivity contribution in [3.63, 3.8) is 0 Å². The molecule has 1 aromatic carbocycles. The highest BCUT2D eigenvalue weighted by atomic mass is 16.1. The third kappa shape index (κ3) is 4.09. The Morgan fingerprint density at radius 3 is 2.36 bits per heavy atom. The fourth-order valence-electron chi connectivity index (χ4n) is 3.22. The summed E-state index contributed by atoms with van der Waals surface area (Å²) in [6, 6.07) is 13.3. The largest absolute Gasteiger partial charge is 0.353 e. The molecule has 7 heteroatoms. The number of nitrogens with one attached hydrogen (secondary N) is 1. The molecule has 0 atom stereocenters. The van der Waals surface area contributed by atoms with E-state index >= 15 is 0 Å². The molecule has 1 N–H and O–H groups in total. The smallest absolute Gasteiger partial charge is 0.257 e. The van der Waals surface area contributed by atoms with E-state index < -0.39 is 0 Å². The molecule has 3 aromatic rings. The lowest BCUT2D eigenvalue weighted by Gasteiger charge is -2.35. The molecule has 0 unspecified atom stereocenters. The summed E-state index contributed by atoms with van der Waals surface area (Å²) in [7, 11) is 0. The molecule has 0 spiro atoms. The van der Waals surface area contributed by atoms with Crippen LogP contribution in [0.5, 0.6) is 0 Å². The van der Waals surface area contributed by atoms with Crippen LogP contribution in [-0.2, 0) is 0 Å². The van der Waals surface area contributed by atoms with Crippen molar-refractivity contribution in [3.05, 3.63) is 72.2 Å². The van der Waals surface area contributed by atoms with Crippen LogP contribution in [0.4, 0.5) is 17.5 Å². The van der Waals surface area contributed by atoms with Crippen molar-refractivity contribution in [1.29, 1.82) is 0 Å². The van der Waals surface area contributed by atoms with E-state index in [0.717, 1.165) is 49.2 Å². The topological polar surface area (TPSA) is 74.2 Å². The van der Waals surface area contributed by atoms with Crippen LogP contribution in [-0.4, -0.2) is 47.0 Å². The lowest BCUT2D eigenvalue weighted by Crippen LogP contribution is -2.47. The number of carbonyl (C=O) groups is 1. The molecular formula is C21H22N6O. The fraction of sp³-hybridized carbons (Fsp3) is 0.238. The standard InChI is InChI=1S/C21H22N6O/c1-16-4-2-5-18(14-16)25-20(28)17-6-7-19(24-15-17)26-10-12-27(13-11-26)21-22-8-3-9-23-21/h2-9,14-15H,10-13H2,1H3,(H,25,28). The van der Waals surface area contributed by atoms with Gasteiger partial charge in [-0.15, -0.1) is 0 Å². The van der Waals surface area contributed by atoms with Crippen LogP contribution in [0.3, 0.4) is 0 Å². The van der Waals surface area contributed by atoms with E-state index in [4.69, 9.17) is 0 Å². The van der Waals surface area contributed by atoms with Gasteiger partial charge in [0, 0.05) is 50.5 Å². The SMILES string of the molecule is Cc1cccc(NC(=O)c2ccc(N3CCN(c4ncccn4)CC3)nc2)c1. The zero-order valence-corrected chi connectivity index (χ0v) is 15.7. The Morgan fingerprint density at radius 1 is 0.929 bits per heavy atom. The van der Waals surface area contributed by atoms with Crippen molar-refractivity contribution in [3.8, 4) is 0 Å². The number of nitrogens with zero attached hydrogens (tertiary/aromatic N) is 5. The van der Waals surface area contributed by atoms with Crippen molar-refractivity contribution < 1.29 is 4.79 Å². The number of piperazine rings is 1. The van der Waals surface area contributed by atoms with Crippen LogP contribution in [0.25, 0.3) is 0 Å². The van der Waals surface area contributed by atoms with Gasteiger partial charge in [-0.25, -0.2) is 15.0 Å². The molecule has 0 aliphatic carbocycles. The minimum absolute atomic E-state index is 0.157. The number of hydrogen-bond acceptors (Lipinski definition) is 6. The summed E-state index contributed by atoms with van der Waals surface area (Å²) in [5.74, 6) is 1.48. The predicted molar refractivity (Wildman–Crippen MR) is 110 cm³/mol. The summed E-state index contributed by atoms with van der Waals surface area (Å²) in [5, 5.41) is 2.91. The monoisotopic (exact) mass is 374 g/mol. The number of rotatable bonds is 4. The molecule has 1 amide bonds. The molecule has 0 radical (unpaired) electrons. The zero-order chi connectivity index (χ0) is 19.3. The number of aromatic nitrogens is 3. The Balaban J connectivity index is 1.36. The molecule has 1 aliphatic rings. The lowest BCUT2D eigenvalue weighted by molar-refractivity contribution is 0.102. The van der Waals surface area contributed by atoms with Crippen LogP contribution in [0.2, 0.25) is 0 Å². The van der Waals surface area contributed by atoms with E-state index in [1.165, 1.54) is 0 Å². The average molecular weight is 374 g/mol. The van der Waals surface area contributed by atoms with Gasteiger partial charge in [0.25, 0.3) is 5.91 Å². The van der Waals surface area contributed by atoms with E-state index in [9.17, 15) is 4.79 Å². The van der Waals surface area contributed by atoms with Crippen molar-refractivity contribution in [2.24, 2.45) is 0 Å². The van der Waals surface area contributed by atoms with Crippen molar-refractivity contribution in [1.82, 2.24) is 15.0 Å². The molecule has 3 heterocycles. The summed E-state index contributed by atoms with van der Waals surface area (Å²) in [5.41, 5.74) is 2.43. The van der Waals surface area contributed by atoms with Crippen LogP contribution < -0.4 is 15.1 Å². The van der Waals surface area contributed by atoms with E-state index in [2.05, 4.69) is 30.1 Å². The summed E-state index contributed by atoms with van der Waals surface area (Å²) in [6.45, 7) is 5.33. The summed E-state index contributed by atoms with van der Waals surface area (Å²) in [6.07, 6.45) is 5.15. The Kier molecular flexibility index (Phi) is 5.14. The van der Waals surface area contributed by atoms with Crippen LogP contribution >= 0.6 is 0 Å². The minimum Gasteiger partial charge on any atom is -0.353 e. The average Bonchev–Trinajstić information content (AvgIpc) is 2.75. The Labute approximate surface area is 164 Å². The Bertz CT molecular complexity index is 937. The molecule has 142 valence electrons. The van der Waals surface area contributed by atoms with Crippen LogP contribution in [0.1, 0.15) is 15.9 Å². The van der Waals surface area contributed by atoms with Crippen molar-refractivity contribution >= 4 is 23.4 Å². The fourth-order valence-corrected chi connectivity index (χ4v) is 3.22. The number of amides is 1. The quantitative estimate of drug-likeness (QED) is 0.757. The van der Waals surface area contributed by atoms with Gasteiger partial charge in [0.2, 0.25) is 5.95 Å². The van der Waals surface area contributed by atoms with Gasteiger partial charge in [0.05, 0.1) is 5.56 Å². The summed E-state index contributed by atoms with van der Waals surface area (Å²) < 4.78 is 0. The van der Waals surface area contributed by atoms with Crippen molar-refractivity contribution in [2.75, 3.05) is 41.3 Å². The van der Waals surface area contributed by atoms with Crippen LogP contribution in [0.15, 0.2) is 61.1 Å².